The van der Waals surface area contributed by atoms with Crippen molar-refractivity contribution in [3.05, 3.63) is 158 Å². The van der Waals surface area contributed by atoms with Gasteiger partial charge in [0, 0.05) is 38.0 Å². The first-order chi connectivity index (χ1) is 24.3. The van der Waals surface area contributed by atoms with E-state index in [0.29, 0.717) is 0 Å². The van der Waals surface area contributed by atoms with E-state index in [1.54, 1.807) is 0 Å². The molecule has 3 heterocycles. The van der Waals surface area contributed by atoms with Gasteiger partial charge in [-0.25, -0.2) is 0 Å². The van der Waals surface area contributed by atoms with E-state index in [0.717, 1.165) is 27.6 Å². The average Bonchev–Trinajstić information content (AvgIpc) is 3.89. The Hall–Kier alpha value is -6.58. The Morgan fingerprint density at radius 3 is 1.84 bits per heavy atom. The van der Waals surface area contributed by atoms with E-state index in [9.17, 15) is 0 Å². The topological polar surface area (TPSA) is 23.0 Å². The maximum Gasteiger partial charge on any atom is 0.137 e. The van der Waals surface area contributed by atoms with E-state index in [1.165, 1.54) is 82.3 Å². The third-order valence-corrected chi connectivity index (χ3v) is 10.8. The van der Waals surface area contributed by atoms with Gasteiger partial charge in [0.05, 0.1) is 33.1 Å². The lowest BCUT2D eigenvalue weighted by molar-refractivity contribution is 0.669. The number of fused-ring (bicyclic) bond motifs is 14. The lowest BCUT2D eigenvalue weighted by Gasteiger charge is -2.15. The molecule has 0 bridgehead atoms. The van der Waals surface area contributed by atoms with Crippen molar-refractivity contribution < 1.29 is 4.42 Å². The Bertz CT molecular complexity index is 3180. The number of benzene rings is 8. The van der Waals surface area contributed by atoms with Crippen molar-refractivity contribution in [1.82, 2.24) is 9.13 Å². The van der Waals surface area contributed by atoms with Crippen LogP contribution in [0.2, 0.25) is 0 Å². The van der Waals surface area contributed by atoms with Crippen molar-refractivity contribution >= 4 is 76.3 Å². The van der Waals surface area contributed by atoms with Gasteiger partial charge in [-0.3, -0.25) is 0 Å². The van der Waals surface area contributed by atoms with Gasteiger partial charge in [0.2, 0.25) is 0 Å². The molecule has 3 heteroatoms. The summed E-state index contributed by atoms with van der Waals surface area (Å²) < 4.78 is 11.5. The number of aromatic nitrogens is 2. The SMILES string of the molecule is c1ccc(-n2c3ccccc3c3c2ccc2c4ccc5oc6ccccc6c5c4n(-c4ccc5c6c(cccc46)-c4ccccc4-5)c23)cc1. The molecule has 0 unspecified atom stereocenters. The highest BCUT2D eigenvalue weighted by atomic mass is 16.3. The highest BCUT2D eigenvalue weighted by molar-refractivity contribution is 6.31. The van der Waals surface area contributed by atoms with Crippen LogP contribution in [-0.4, -0.2) is 9.13 Å². The van der Waals surface area contributed by atoms with Gasteiger partial charge in [0.1, 0.15) is 11.2 Å². The summed E-state index contributed by atoms with van der Waals surface area (Å²) >= 11 is 0. The number of nitrogens with zero attached hydrogens (tertiary/aromatic N) is 2. The lowest BCUT2D eigenvalue weighted by atomic mass is 10.0. The molecule has 226 valence electrons. The van der Waals surface area contributed by atoms with Crippen LogP contribution in [0.1, 0.15) is 0 Å². The molecule has 1 aliphatic carbocycles. The second-order valence-corrected chi connectivity index (χ2v) is 13.2. The summed E-state index contributed by atoms with van der Waals surface area (Å²) in [5.74, 6) is 0. The average molecular weight is 623 g/mol. The Morgan fingerprint density at radius 2 is 0.980 bits per heavy atom. The number of para-hydroxylation sites is 3. The third kappa shape index (κ3) is 3.13. The molecule has 0 aliphatic heterocycles. The molecular formula is C46H26N2O. The molecule has 0 amide bonds. The minimum Gasteiger partial charge on any atom is -0.456 e. The summed E-state index contributed by atoms with van der Waals surface area (Å²) in [6.45, 7) is 0. The molecule has 0 N–H and O–H groups in total. The molecule has 3 aromatic heterocycles. The van der Waals surface area contributed by atoms with Crippen LogP contribution in [0, 0.1) is 0 Å². The zero-order valence-electron chi connectivity index (χ0n) is 26.3. The first kappa shape index (κ1) is 25.5. The van der Waals surface area contributed by atoms with Crippen LogP contribution >= 0.6 is 0 Å². The van der Waals surface area contributed by atoms with E-state index in [1.807, 2.05) is 0 Å². The van der Waals surface area contributed by atoms with Gasteiger partial charge in [0.25, 0.3) is 0 Å². The van der Waals surface area contributed by atoms with Crippen molar-refractivity contribution in [2.75, 3.05) is 0 Å². The molecule has 0 radical (unpaired) electrons. The van der Waals surface area contributed by atoms with Crippen molar-refractivity contribution in [2.24, 2.45) is 0 Å². The van der Waals surface area contributed by atoms with Gasteiger partial charge in [-0.15, -0.1) is 0 Å². The highest BCUT2D eigenvalue weighted by Crippen LogP contribution is 2.51. The van der Waals surface area contributed by atoms with Crippen molar-refractivity contribution in [3.8, 4) is 33.6 Å². The standard InChI is InChI=1S/C46H26N2O/c1-2-11-27(12-3-1)47-37-19-8-6-15-35(37)43-39(47)25-22-32-33-23-26-41-44(36-16-7-9-20-40(36)49-41)46(33)48(45(32)43)38-24-21-31-29-14-5-4-13-28(29)30-17-10-18-34(38)42(30)31/h1-26H. The summed E-state index contributed by atoms with van der Waals surface area (Å²) in [5.41, 5.74) is 14.1. The molecule has 8 aromatic carbocycles. The summed E-state index contributed by atoms with van der Waals surface area (Å²) in [6, 6.07) is 57.4. The summed E-state index contributed by atoms with van der Waals surface area (Å²) in [6.07, 6.45) is 0. The van der Waals surface area contributed by atoms with Crippen LogP contribution in [0.15, 0.2) is 162 Å². The Balaban J connectivity index is 1.35. The van der Waals surface area contributed by atoms with Gasteiger partial charge in [-0.1, -0.05) is 109 Å². The highest BCUT2D eigenvalue weighted by Gasteiger charge is 2.27. The minimum atomic E-state index is 0.902. The van der Waals surface area contributed by atoms with Crippen LogP contribution in [0.3, 0.4) is 0 Å². The van der Waals surface area contributed by atoms with E-state index in [2.05, 4.69) is 167 Å². The molecular weight excluding hydrogens is 597 g/mol. The molecule has 11 aromatic rings. The monoisotopic (exact) mass is 622 g/mol. The summed E-state index contributed by atoms with van der Waals surface area (Å²) in [7, 11) is 0. The van der Waals surface area contributed by atoms with Crippen LogP contribution in [-0.2, 0) is 0 Å². The molecule has 0 spiro atoms. The Kier molecular flexibility index (Phi) is 4.72. The van der Waals surface area contributed by atoms with Gasteiger partial charge in [0.15, 0.2) is 0 Å². The summed E-state index contributed by atoms with van der Waals surface area (Å²) in [5, 5.41) is 9.79. The van der Waals surface area contributed by atoms with Gasteiger partial charge in [-0.2, -0.15) is 0 Å². The van der Waals surface area contributed by atoms with E-state index in [-0.39, 0.29) is 0 Å². The molecule has 0 atom stereocenters. The maximum atomic E-state index is 6.53. The number of rotatable bonds is 2. The number of hydrogen-bond donors (Lipinski definition) is 0. The van der Waals surface area contributed by atoms with Crippen LogP contribution in [0.25, 0.3) is 110 Å². The van der Waals surface area contributed by atoms with E-state index >= 15 is 0 Å². The zero-order valence-corrected chi connectivity index (χ0v) is 26.3. The Labute approximate surface area is 280 Å². The quantitative estimate of drug-likeness (QED) is 0.188. The number of furan rings is 1. The predicted octanol–water partition coefficient (Wildman–Crippen LogP) is 12.6. The largest absolute Gasteiger partial charge is 0.456 e. The van der Waals surface area contributed by atoms with Crippen molar-refractivity contribution in [2.45, 2.75) is 0 Å². The molecule has 0 fully saturated rings. The van der Waals surface area contributed by atoms with Crippen molar-refractivity contribution in [3.63, 3.8) is 0 Å². The molecule has 0 saturated carbocycles. The number of hydrogen-bond acceptors (Lipinski definition) is 1. The van der Waals surface area contributed by atoms with Gasteiger partial charge < -0.3 is 13.6 Å². The van der Waals surface area contributed by atoms with E-state index < -0.39 is 0 Å². The zero-order chi connectivity index (χ0) is 31.8. The fourth-order valence-corrected chi connectivity index (χ4v) is 8.94. The normalized spacial score (nSPS) is 12.5. The molecule has 49 heavy (non-hydrogen) atoms. The van der Waals surface area contributed by atoms with E-state index in [4.69, 9.17) is 4.42 Å². The van der Waals surface area contributed by atoms with Gasteiger partial charge in [-0.05, 0) is 76.2 Å². The molecule has 0 saturated heterocycles. The Morgan fingerprint density at radius 1 is 0.327 bits per heavy atom. The maximum absolute atomic E-state index is 6.53. The lowest BCUT2D eigenvalue weighted by Crippen LogP contribution is -1.97. The van der Waals surface area contributed by atoms with Crippen LogP contribution in [0.4, 0.5) is 0 Å². The smallest absolute Gasteiger partial charge is 0.137 e. The second-order valence-electron chi connectivity index (χ2n) is 13.2. The minimum absolute atomic E-state index is 0.902. The fraction of sp³-hybridized carbons (Fsp3) is 0. The predicted molar refractivity (Wildman–Crippen MR) is 204 cm³/mol. The van der Waals surface area contributed by atoms with Crippen molar-refractivity contribution in [1.29, 1.82) is 0 Å². The van der Waals surface area contributed by atoms with Gasteiger partial charge >= 0.3 is 0 Å². The first-order valence-corrected chi connectivity index (χ1v) is 16.9. The molecule has 1 aliphatic rings. The van der Waals surface area contributed by atoms with Crippen LogP contribution in [0.5, 0.6) is 0 Å². The third-order valence-electron chi connectivity index (χ3n) is 10.8. The first-order valence-electron chi connectivity index (χ1n) is 16.9. The molecule has 12 rings (SSSR count). The fourth-order valence-electron chi connectivity index (χ4n) is 8.94. The molecule has 3 nitrogen and oxygen atoms in total. The summed E-state index contributed by atoms with van der Waals surface area (Å²) in [4.78, 5) is 0. The van der Waals surface area contributed by atoms with Crippen LogP contribution < -0.4 is 0 Å². The second kappa shape index (κ2) is 9.06.